The number of nitriles is 1. The van der Waals surface area contributed by atoms with Gasteiger partial charge in [0.1, 0.15) is 0 Å². The van der Waals surface area contributed by atoms with E-state index in [4.69, 9.17) is 21.3 Å². The lowest BCUT2D eigenvalue weighted by Crippen LogP contribution is -2.44. The third kappa shape index (κ3) is 8.76. The van der Waals surface area contributed by atoms with E-state index in [2.05, 4.69) is 14.3 Å². The topological polar surface area (TPSA) is 214 Å². The van der Waals surface area contributed by atoms with E-state index in [0.29, 0.717) is 37.8 Å². The summed E-state index contributed by atoms with van der Waals surface area (Å²) in [6.07, 6.45) is -8.32. The van der Waals surface area contributed by atoms with Crippen LogP contribution in [0.3, 0.4) is 0 Å². The number of alkyl halides is 6. The number of carbonyl (C=O) groups excluding carboxylic acids is 4. The van der Waals surface area contributed by atoms with Crippen LogP contribution >= 0.6 is 0 Å². The lowest BCUT2D eigenvalue weighted by Gasteiger charge is -2.31. The Labute approximate surface area is 414 Å². The Morgan fingerprint density at radius 2 is 1.19 bits per heavy atom. The standard InChI is InChI=1S/C25H22F3N3O5S.C24H20F3N3O5S/c1-23-9-10-24(36-23,11-12-30-37(34,35)17-5-3-2-4-6-17)20-19(23)21(32)31(22(20)33)16-8-7-15(14-29)18(13-16)25(26,27)28;1-28-17-8-7-14(13-16(17)24(25,26)27)30-21(31)19-18-9-10-23(35-18,20(19)22(30)32)11-12-29-36(33,34)15-5-3-2-4-6-15/h2-8,13,19-20,30H,9-12H2,1H3;2-8,13,18-20,29H,9-12H2/t19-,20+,23?,24?;18?,19-,20+,23?/m01/s1. The number of hydrogen-bond acceptors (Lipinski definition) is 11. The molecule has 0 aliphatic carbocycles. The Morgan fingerprint density at radius 1 is 0.685 bits per heavy atom. The molecular formula is C49H42F6N6O10S2. The summed E-state index contributed by atoms with van der Waals surface area (Å²) in [5, 5.41) is 9.07. The molecule has 6 fully saturated rings. The highest BCUT2D eigenvalue weighted by Gasteiger charge is 2.74. The maximum absolute atomic E-state index is 13.6. The van der Waals surface area contributed by atoms with E-state index in [-0.39, 0.29) is 47.1 Å². The van der Waals surface area contributed by atoms with Crippen LogP contribution in [-0.4, -0.2) is 76.5 Å². The van der Waals surface area contributed by atoms with E-state index >= 15 is 0 Å². The van der Waals surface area contributed by atoms with Gasteiger partial charge in [0.05, 0.1) is 91.4 Å². The Bertz CT molecular complexity index is 3260. The van der Waals surface area contributed by atoms with Crippen molar-refractivity contribution in [2.24, 2.45) is 23.7 Å². The molecule has 24 heteroatoms. The zero-order chi connectivity index (χ0) is 52.7. The molecular weight excluding hydrogens is 1010 g/mol. The second-order valence-corrected chi connectivity index (χ2v) is 22.3. The van der Waals surface area contributed by atoms with Crippen molar-refractivity contribution in [3.8, 4) is 6.07 Å². The molecule has 6 aliphatic heterocycles. The first-order valence-electron chi connectivity index (χ1n) is 22.7. The minimum atomic E-state index is -4.85. The molecule has 73 heavy (non-hydrogen) atoms. The Hall–Kier alpha value is -6.54. The van der Waals surface area contributed by atoms with Crippen LogP contribution in [0.25, 0.3) is 4.85 Å². The number of imide groups is 2. The van der Waals surface area contributed by atoms with Crippen LogP contribution in [0.15, 0.2) is 107 Å². The number of benzene rings is 4. The fourth-order valence-electron chi connectivity index (χ4n) is 11.5. The van der Waals surface area contributed by atoms with Crippen molar-refractivity contribution >= 4 is 60.7 Å². The molecule has 0 radical (unpaired) electrons. The minimum Gasteiger partial charge on any atom is -0.370 e. The van der Waals surface area contributed by atoms with Crippen molar-refractivity contribution in [1.29, 1.82) is 5.26 Å². The first-order chi connectivity index (χ1) is 34.3. The van der Waals surface area contributed by atoms with Crippen molar-refractivity contribution < 1.29 is 71.8 Å². The maximum atomic E-state index is 13.6. The molecule has 4 unspecified atom stereocenters. The van der Waals surface area contributed by atoms with Crippen molar-refractivity contribution in [3.63, 3.8) is 0 Å². The summed E-state index contributed by atoms with van der Waals surface area (Å²) in [7, 11) is -7.61. The first-order valence-corrected chi connectivity index (χ1v) is 25.7. The predicted octanol–water partition coefficient (Wildman–Crippen LogP) is 7.03. The Morgan fingerprint density at radius 3 is 1.74 bits per heavy atom. The number of sulfonamides is 2. The molecule has 4 amide bonds. The van der Waals surface area contributed by atoms with Gasteiger partial charge in [-0.25, -0.2) is 40.9 Å². The van der Waals surface area contributed by atoms with Gasteiger partial charge in [0, 0.05) is 18.8 Å². The van der Waals surface area contributed by atoms with Crippen LogP contribution in [0.5, 0.6) is 0 Å². The molecule has 0 saturated carbocycles. The number of anilines is 2. The molecule has 0 aromatic heterocycles. The molecule has 2 N–H and O–H groups in total. The molecule has 4 aromatic carbocycles. The largest absolute Gasteiger partial charge is 0.417 e. The van der Waals surface area contributed by atoms with Gasteiger partial charge in [-0.05, 0) is 100 Å². The van der Waals surface area contributed by atoms with Crippen molar-refractivity contribution in [2.45, 2.75) is 90.5 Å². The van der Waals surface area contributed by atoms with Crippen LogP contribution in [0.4, 0.5) is 43.4 Å². The number of halogens is 6. The number of rotatable bonds is 12. The Kier molecular flexibility index (Phi) is 12.8. The number of fused-ring (bicyclic) bond motifs is 10. The first kappa shape index (κ1) is 51.4. The number of carbonyl (C=O) groups is 4. The maximum Gasteiger partial charge on any atom is 0.417 e. The molecule has 10 rings (SSSR count). The van der Waals surface area contributed by atoms with Gasteiger partial charge >= 0.3 is 12.4 Å². The second kappa shape index (κ2) is 18.1. The zero-order valence-electron chi connectivity index (χ0n) is 38.2. The van der Waals surface area contributed by atoms with Gasteiger partial charge in [0.25, 0.3) is 0 Å². The molecule has 6 aliphatic rings. The quantitative estimate of drug-likeness (QED) is 0.0835. The van der Waals surface area contributed by atoms with Crippen molar-refractivity contribution in [2.75, 3.05) is 22.9 Å². The molecule has 6 heterocycles. The van der Waals surface area contributed by atoms with Gasteiger partial charge in [0.2, 0.25) is 43.7 Å². The van der Waals surface area contributed by atoms with Crippen LogP contribution in [0.2, 0.25) is 0 Å². The van der Waals surface area contributed by atoms with Gasteiger partial charge in [-0.2, -0.15) is 31.6 Å². The number of amides is 4. The van der Waals surface area contributed by atoms with Gasteiger partial charge in [-0.15, -0.1) is 0 Å². The lowest BCUT2D eigenvalue weighted by molar-refractivity contribution is -0.138. The number of nitrogens with one attached hydrogen (secondary N) is 2. The van der Waals surface area contributed by atoms with Crippen LogP contribution in [0.1, 0.15) is 62.1 Å². The van der Waals surface area contributed by atoms with Crippen molar-refractivity contribution in [3.05, 3.63) is 125 Å². The zero-order valence-corrected chi connectivity index (χ0v) is 39.9. The fourth-order valence-corrected chi connectivity index (χ4v) is 13.6. The average molecular weight is 1050 g/mol. The molecule has 16 nitrogen and oxygen atoms in total. The molecule has 382 valence electrons. The summed E-state index contributed by atoms with van der Waals surface area (Å²) in [4.78, 5) is 58.2. The monoisotopic (exact) mass is 1050 g/mol. The third-order valence-electron chi connectivity index (χ3n) is 14.7. The summed E-state index contributed by atoms with van der Waals surface area (Å²) < 4.78 is 149. The molecule has 4 aromatic rings. The summed E-state index contributed by atoms with van der Waals surface area (Å²) in [5.74, 6) is -6.35. The molecule has 4 bridgehead atoms. The van der Waals surface area contributed by atoms with Crippen LogP contribution in [0, 0.1) is 41.6 Å². The number of nitrogens with zero attached hydrogens (tertiary/aromatic N) is 4. The van der Waals surface area contributed by atoms with E-state index in [0.717, 1.165) is 34.1 Å². The minimum absolute atomic E-state index is 0.0490. The average Bonchev–Trinajstić information content (AvgIpc) is 4.18. The number of hydrogen-bond donors (Lipinski definition) is 2. The summed E-state index contributed by atoms with van der Waals surface area (Å²) in [6, 6.07) is 22.5. The molecule has 0 spiro atoms. The number of ether oxygens (including phenoxy) is 2. The highest BCUT2D eigenvalue weighted by atomic mass is 32.2. The third-order valence-corrected chi connectivity index (χ3v) is 17.7. The van der Waals surface area contributed by atoms with Gasteiger partial charge in [0.15, 0.2) is 5.69 Å². The summed E-state index contributed by atoms with van der Waals surface area (Å²) >= 11 is 0. The Balaban J connectivity index is 0.000000180. The highest BCUT2D eigenvalue weighted by Crippen LogP contribution is 2.63. The van der Waals surface area contributed by atoms with E-state index in [1.165, 1.54) is 30.3 Å². The van der Waals surface area contributed by atoms with Crippen molar-refractivity contribution in [1.82, 2.24) is 9.44 Å². The SMILES string of the molecule is CC12CCC(CCNS(=O)(=O)c3ccccc3)(O1)[C@H]1C(=O)N(c3ccc(C#N)c(C(F)(F)F)c3)C(=O)[C@H]12.[C-]#[N+]c1ccc(N2C(=O)[C@@H]3C4CCC(CCNS(=O)(=O)c5ccccc5)(O4)[C@@H]3C2=O)cc1C(F)(F)F. The summed E-state index contributed by atoms with van der Waals surface area (Å²) in [5.41, 5.74) is -7.47. The van der Waals surface area contributed by atoms with Gasteiger partial charge in [-0.3, -0.25) is 19.2 Å². The smallest absolute Gasteiger partial charge is 0.370 e. The predicted molar refractivity (Wildman–Crippen MR) is 244 cm³/mol. The second-order valence-electron chi connectivity index (χ2n) is 18.8. The highest BCUT2D eigenvalue weighted by molar-refractivity contribution is 7.89. The lowest BCUT2D eigenvalue weighted by atomic mass is 9.67. The van der Waals surface area contributed by atoms with Gasteiger partial charge < -0.3 is 9.47 Å². The molecule has 6 saturated heterocycles. The normalized spacial score (nSPS) is 28.2. The van der Waals surface area contributed by atoms with E-state index in [1.54, 1.807) is 43.3 Å². The fraction of sp³-hybridized carbons (Fsp3) is 0.388. The summed E-state index contributed by atoms with van der Waals surface area (Å²) in [6.45, 7) is 8.57. The molecule has 8 atom stereocenters. The van der Waals surface area contributed by atoms with Gasteiger partial charge in [-0.1, -0.05) is 42.5 Å². The van der Waals surface area contributed by atoms with Crippen LogP contribution in [-0.2, 0) is 61.1 Å². The van der Waals surface area contributed by atoms with E-state index in [1.807, 2.05) is 0 Å². The van der Waals surface area contributed by atoms with Crippen LogP contribution < -0.4 is 19.2 Å². The van der Waals surface area contributed by atoms with E-state index in [9.17, 15) is 62.4 Å². The van der Waals surface area contributed by atoms with E-state index < -0.39 is 125 Å².